The summed E-state index contributed by atoms with van der Waals surface area (Å²) in [7, 11) is 0. The number of nitrogens with zero attached hydrogens (tertiary/aromatic N) is 3. The predicted molar refractivity (Wildman–Crippen MR) is 96.2 cm³/mol. The largest absolute Gasteiger partial charge is 0.333 e. The third kappa shape index (κ3) is 2.44. The van der Waals surface area contributed by atoms with Crippen molar-refractivity contribution < 1.29 is 8.78 Å². The van der Waals surface area contributed by atoms with Crippen LogP contribution in [-0.2, 0) is 5.54 Å². The monoisotopic (exact) mass is 366 g/mol. The number of alkyl halides is 1. The molecule has 1 aliphatic heterocycles. The molecule has 1 aliphatic rings. The Balaban J connectivity index is 1.79. The number of halogens is 2. The molecule has 0 bridgehead atoms. The van der Waals surface area contributed by atoms with Crippen LogP contribution in [0.4, 0.5) is 8.78 Å². The van der Waals surface area contributed by atoms with E-state index in [2.05, 4.69) is 30.2 Å². The molecule has 0 saturated carbocycles. The summed E-state index contributed by atoms with van der Waals surface area (Å²) in [6.45, 7) is 0.144. The van der Waals surface area contributed by atoms with Crippen LogP contribution in [0.1, 0.15) is 17.8 Å². The Hall–Kier alpha value is -3.13. The Bertz CT molecular complexity index is 1110. The van der Waals surface area contributed by atoms with Gasteiger partial charge in [0.2, 0.25) is 0 Å². The second kappa shape index (κ2) is 5.95. The molecule has 8 heteroatoms. The highest BCUT2D eigenvalue weighted by molar-refractivity contribution is 5.76. The van der Waals surface area contributed by atoms with Gasteiger partial charge in [0.1, 0.15) is 23.6 Å². The molecule has 2 atom stereocenters. The molecule has 1 saturated heterocycles. The number of imidazole rings is 1. The minimum absolute atomic E-state index is 0.117. The van der Waals surface area contributed by atoms with Crippen LogP contribution < -0.4 is 5.32 Å². The number of aromatic amines is 2. The third-order valence-electron chi connectivity index (χ3n) is 5.07. The Morgan fingerprint density at radius 1 is 1.11 bits per heavy atom. The van der Waals surface area contributed by atoms with Gasteiger partial charge in [-0.25, -0.2) is 19.3 Å². The fourth-order valence-electron chi connectivity index (χ4n) is 3.93. The van der Waals surface area contributed by atoms with Crippen LogP contribution in [0.15, 0.2) is 49.1 Å². The maximum Gasteiger partial charge on any atom is 0.191 e. The maximum atomic E-state index is 14.4. The summed E-state index contributed by atoms with van der Waals surface area (Å²) in [6, 6.07) is 10.9. The number of aromatic nitrogens is 5. The molecule has 3 N–H and O–H groups in total. The van der Waals surface area contributed by atoms with Crippen LogP contribution in [0.5, 0.6) is 0 Å². The molecule has 136 valence electrons. The topological polar surface area (TPSA) is 82.3 Å². The SMILES string of the molecule is Fc1cc(-c2ccccc2)c([C@]2(c3ncnc4[nH]cnc34)C[C@H](F)CN2)[nH]1. The van der Waals surface area contributed by atoms with Crippen molar-refractivity contribution in [3.8, 4) is 11.1 Å². The van der Waals surface area contributed by atoms with Crippen LogP contribution in [0.25, 0.3) is 22.3 Å². The first-order valence-electron chi connectivity index (χ1n) is 8.65. The lowest BCUT2D eigenvalue weighted by Gasteiger charge is -2.29. The molecule has 0 amide bonds. The zero-order chi connectivity index (χ0) is 18.4. The van der Waals surface area contributed by atoms with Gasteiger partial charge >= 0.3 is 0 Å². The van der Waals surface area contributed by atoms with E-state index in [1.54, 1.807) is 0 Å². The first kappa shape index (κ1) is 16.1. The molecule has 6 nitrogen and oxygen atoms in total. The smallest absolute Gasteiger partial charge is 0.191 e. The van der Waals surface area contributed by atoms with Crippen molar-refractivity contribution in [2.75, 3.05) is 6.54 Å². The van der Waals surface area contributed by atoms with E-state index in [9.17, 15) is 8.78 Å². The van der Waals surface area contributed by atoms with E-state index in [0.717, 1.165) is 5.56 Å². The van der Waals surface area contributed by atoms with Crippen molar-refractivity contribution in [1.82, 2.24) is 30.2 Å². The fraction of sp³-hybridized carbons (Fsp3) is 0.211. The van der Waals surface area contributed by atoms with E-state index >= 15 is 0 Å². The second-order valence-corrected chi connectivity index (χ2v) is 6.68. The molecular formula is C19H16F2N6. The standard InChI is InChI=1S/C19H16F2N6/c20-12-7-19(26-8-12,17-15-18(24-9-22-15)25-10-23-17)16-13(6-14(21)27-16)11-4-2-1-3-5-11/h1-6,9-10,12,26-27H,7-8H2,(H,22,23,24,25)/t12-,19-/m0/s1. The van der Waals surface area contributed by atoms with Crippen molar-refractivity contribution >= 4 is 11.2 Å². The molecule has 0 radical (unpaired) electrons. The second-order valence-electron chi connectivity index (χ2n) is 6.68. The Kier molecular flexibility index (Phi) is 3.54. The van der Waals surface area contributed by atoms with E-state index in [1.807, 2.05) is 30.3 Å². The molecule has 4 heterocycles. The number of hydrogen-bond donors (Lipinski definition) is 3. The van der Waals surface area contributed by atoms with Gasteiger partial charge in [-0.3, -0.25) is 5.32 Å². The number of fused-ring (bicyclic) bond motifs is 1. The Morgan fingerprint density at radius 3 is 2.74 bits per heavy atom. The Labute approximate surface area is 153 Å². The van der Waals surface area contributed by atoms with E-state index in [-0.39, 0.29) is 13.0 Å². The van der Waals surface area contributed by atoms with Gasteiger partial charge in [0.25, 0.3) is 0 Å². The van der Waals surface area contributed by atoms with Gasteiger partial charge in [0, 0.05) is 24.6 Å². The average Bonchev–Trinajstić information content (AvgIpc) is 3.40. The first-order chi connectivity index (χ1) is 13.2. The molecule has 1 aromatic carbocycles. The highest BCUT2D eigenvalue weighted by Gasteiger charge is 2.47. The summed E-state index contributed by atoms with van der Waals surface area (Å²) in [6.07, 6.45) is 1.95. The minimum Gasteiger partial charge on any atom is -0.333 e. The summed E-state index contributed by atoms with van der Waals surface area (Å²) in [5.41, 5.74) is 2.61. The normalized spacial score (nSPS) is 22.5. The van der Waals surface area contributed by atoms with E-state index in [0.29, 0.717) is 28.1 Å². The van der Waals surface area contributed by atoms with Gasteiger partial charge in [-0.2, -0.15) is 4.39 Å². The molecule has 27 heavy (non-hydrogen) atoms. The predicted octanol–water partition coefficient (Wildman–Crippen LogP) is 3.06. The fourth-order valence-corrected chi connectivity index (χ4v) is 3.93. The lowest BCUT2D eigenvalue weighted by molar-refractivity contribution is 0.338. The molecule has 1 fully saturated rings. The number of benzene rings is 1. The van der Waals surface area contributed by atoms with Gasteiger partial charge in [0.15, 0.2) is 11.6 Å². The number of nitrogens with one attached hydrogen (secondary N) is 3. The minimum atomic E-state index is -1.09. The lowest BCUT2D eigenvalue weighted by Crippen LogP contribution is -2.40. The van der Waals surface area contributed by atoms with Crippen molar-refractivity contribution in [2.45, 2.75) is 18.1 Å². The highest BCUT2D eigenvalue weighted by Crippen LogP contribution is 2.43. The van der Waals surface area contributed by atoms with Crippen LogP contribution in [0.2, 0.25) is 0 Å². The van der Waals surface area contributed by atoms with Crippen LogP contribution in [0, 0.1) is 5.95 Å². The van der Waals surface area contributed by atoms with Gasteiger partial charge < -0.3 is 9.97 Å². The van der Waals surface area contributed by atoms with Crippen molar-refractivity contribution in [1.29, 1.82) is 0 Å². The summed E-state index contributed by atoms with van der Waals surface area (Å²) < 4.78 is 28.7. The molecule has 0 aliphatic carbocycles. The zero-order valence-electron chi connectivity index (χ0n) is 14.2. The van der Waals surface area contributed by atoms with E-state index in [4.69, 9.17) is 0 Å². The van der Waals surface area contributed by atoms with Gasteiger partial charge in [-0.15, -0.1) is 0 Å². The van der Waals surface area contributed by atoms with Crippen LogP contribution >= 0.6 is 0 Å². The molecular weight excluding hydrogens is 350 g/mol. The van der Waals surface area contributed by atoms with Gasteiger partial charge in [0.05, 0.1) is 17.7 Å². The van der Waals surface area contributed by atoms with Crippen LogP contribution in [-0.4, -0.2) is 37.6 Å². The van der Waals surface area contributed by atoms with E-state index < -0.39 is 17.7 Å². The summed E-state index contributed by atoms with van der Waals surface area (Å²) in [5, 5.41) is 3.24. The summed E-state index contributed by atoms with van der Waals surface area (Å²) in [4.78, 5) is 18.7. The van der Waals surface area contributed by atoms with E-state index in [1.165, 1.54) is 18.7 Å². The molecule has 0 unspecified atom stereocenters. The van der Waals surface area contributed by atoms with Gasteiger partial charge in [-0.05, 0) is 5.56 Å². The van der Waals surface area contributed by atoms with Crippen LogP contribution in [0.3, 0.4) is 0 Å². The quantitative estimate of drug-likeness (QED) is 0.520. The number of H-pyrrole nitrogens is 2. The molecule has 0 spiro atoms. The molecule has 3 aromatic heterocycles. The molecule has 5 rings (SSSR count). The summed E-state index contributed by atoms with van der Waals surface area (Å²) in [5.74, 6) is -0.486. The first-order valence-corrected chi connectivity index (χ1v) is 8.65. The third-order valence-corrected chi connectivity index (χ3v) is 5.07. The molecule has 4 aromatic rings. The van der Waals surface area contributed by atoms with Crippen molar-refractivity contribution in [2.24, 2.45) is 0 Å². The summed E-state index contributed by atoms with van der Waals surface area (Å²) >= 11 is 0. The van der Waals surface area contributed by atoms with Gasteiger partial charge in [-0.1, -0.05) is 30.3 Å². The number of rotatable bonds is 3. The highest BCUT2D eigenvalue weighted by atomic mass is 19.1. The maximum absolute atomic E-state index is 14.4. The number of hydrogen-bond acceptors (Lipinski definition) is 4. The lowest BCUT2D eigenvalue weighted by atomic mass is 9.84. The zero-order valence-corrected chi connectivity index (χ0v) is 14.2. The Morgan fingerprint density at radius 2 is 1.96 bits per heavy atom. The average molecular weight is 366 g/mol. The van der Waals surface area contributed by atoms with Crippen molar-refractivity contribution in [3.63, 3.8) is 0 Å². The van der Waals surface area contributed by atoms with Crippen molar-refractivity contribution in [3.05, 3.63) is 66.4 Å².